The molecule has 0 aromatic heterocycles. The standard InChI is InChI=1S/C21H31NO2S/c1-21(2,3)18-9-6-5-8-17(18)16-11-13-22(14-12-16)20(23)19-10-7-15-25(19,4)24/h5-6,8-9,16,19H,4,7,10-15H2,1-3H3. The van der Waals surface area contributed by atoms with E-state index in [-0.39, 0.29) is 16.6 Å². The van der Waals surface area contributed by atoms with Crippen LogP contribution in [-0.4, -0.2) is 45.0 Å². The first-order valence-electron chi connectivity index (χ1n) is 9.42. The number of likely N-dealkylation sites (tertiary alicyclic amines) is 1. The Morgan fingerprint density at radius 2 is 1.80 bits per heavy atom. The number of piperidine rings is 1. The Bertz CT molecular complexity index is 737. The van der Waals surface area contributed by atoms with E-state index in [0.717, 1.165) is 38.8 Å². The summed E-state index contributed by atoms with van der Waals surface area (Å²) in [5.74, 6) is 5.05. The molecule has 0 saturated carbocycles. The maximum absolute atomic E-state index is 12.8. The van der Waals surface area contributed by atoms with Crippen molar-refractivity contribution in [3.63, 3.8) is 0 Å². The molecule has 2 atom stereocenters. The molecule has 2 aliphatic heterocycles. The highest BCUT2D eigenvalue weighted by Gasteiger charge is 2.37. The van der Waals surface area contributed by atoms with E-state index in [1.54, 1.807) is 0 Å². The maximum Gasteiger partial charge on any atom is 0.237 e. The van der Waals surface area contributed by atoms with Crippen molar-refractivity contribution in [2.45, 2.75) is 63.0 Å². The fourth-order valence-electron chi connectivity index (χ4n) is 4.33. The minimum absolute atomic E-state index is 0.0834. The number of nitrogens with zero attached hydrogens (tertiary/aromatic N) is 1. The number of hydrogen-bond donors (Lipinski definition) is 0. The summed E-state index contributed by atoms with van der Waals surface area (Å²) in [7, 11) is -2.22. The van der Waals surface area contributed by atoms with E-state index in [4.69, 9.17) is 0 Å². The van der Waals surface area contributed by atoms with Gasteiger partial charge in [0.2, 0.25) is 5.91 Å². The van der Waals surface area contributed by atoms with Crippen molar-refractivity contribution in [1.29, 1.82) is 0 Å². The van der Waals surface area contributed by atoms with Crippen molar-refractivity contribution < 1.29 is 9.00 Å². The second kappa shape index (κ2) is 6.79. The first-order valence-corrected chi connectivity index (χ1v) is 11.4. The Morgan fingerprint density at radius 1 is 1.16 bits per heavy atom. The minimum atomic E-state index is -2.22. The normalized spacial score (nSPS) is 28.3. The van der Waals surface area contributed by atoms with Crippen LogP contribution in [0, 0.1) is 0 Å². The Morgan fingerprint density at radius 3 is 2.36 bits per heavy atom. The summed E-state index contributed by atoms with van der Waals surface area (Å²) in [6, 6.07) is 8.73. The van der Waals surface area contributed by atoms with Crippen molar-refractivity contribution in [3.8, 4) is 0 Å². The topological polar surface area (TPSA) is 37.4 Å². The van der Waals surface area contributed by atoms with Crippen LogP contribution in [0.4, 0.5) is 0 Å². The molecule has 1 aromatic carbocycles. The third-order valence-corrected chi connectivity index (χ3v) is 8.22. The molecule has 1 amide bonds. The lowest BCUT2D eigenvalue weighted by molar-refractivity contribution is -0.131. The van der Waals surface area contributed by atoms with E-state index in [9.17, 15) is 9.00 Å². The summed E-state index contributed by atoms with van der Waals surface area (Å²) < 4.78 is 12.5. The number of carbonyl (C=O) groups is 1. The van der Waals surface area contributed by atoms with Gasteiger partial charge in [0, 0.05) is 18.8 Å². The van der Waals surface area contributed by atoms with Crippen molar-refractivity contribution in [1.82, 2.24) is 4.90 Å². The summed E-state index contributed by atoms with van der Waals surface area (Å²) in [6.07, 6.45) is 3.59. The van der Waals surface area contributed by atoms with Gasteiger partial charge < -0.3 is 4.90 Å². The van der Waals surface area contributed by atoms with Crippen molar-refractivity contribution >= 4 is 21.3 Å². The SMILES string of the molecule is C=S1(=O)CCCC1C(=O)N1CCC(c2ccccc2C(C)(C)C)CC1. The number of carbonyl (C=O) groups excluding carboxylic acids is 1. The molecule has 0 N–H and O–H groups in total. The van der Waals surface area contributed by atoms with Gasteiger partial charge in [0.05, 0.1) is 0 Å². The molecule has 2 aliphatic rings. The average molecular weight is 362 g/mol. The first kappa shape index (κ1) is 18.5. The van der Waals surface area contributed by atoms with Crippen LogP contribution >= 0.6 is 0 Å². The van der Waals surface area contributed by atoms with Crippen molar-refractivity contribution in [3.05, 3.63) is 35.4 Å². The van der Waals surface area contributed by atoms with Gasteiger partial charge in [-0.25, -0.2) is 0 Å². The lowest BCUT2D eigenvalue weighted by Gasteiger charge is -2.36. The molecule has 4 heteroatoms. The van der Waals surface area contributed by atoms with Gasteiger partial charge in [-0.2, -0.15) is 0 Å². The van der Waals surface area contributed by atoms with Crippen molar-refractivity contribution in [2.24, 2.45) is 0 Å². The Labute approximate surface area is 152 Å². The van der Waals surface area contributed by atoms with Crippen LogP contribution in [0.1, 0.15) is 63.5 Å². The fraction of sp³-hybridized carbons (Fsp3) is 0.619. The molecule has 2 fully saturated rings. The molecular formula is C21H31NO2S. The van der Waals surface area contributed by atoms with E-state index in [0.29, 0.717) is 11.7 Å². The molecule has 0 bridgehead atoms. The second-order valence-electron chi connectivity index (χ2n) is 8.64. The fourth-order valence-corrected chi connectivity index (χ4v) is 6.38. The molecule has 138 valence electrons. The molecule has 0 radical (unpaired) electrons. The summed E-state index contributed by atoms with van der Waals surface area (Å²) >= 11 is 0. The zero-order valence-electron chi connectivity index (χ0n) is 15.8. The van der Waals surface area contributed by atoms with E-state index < -0.39 is 9.52 Å². The van der Waals surface area contributed by atoms with Crippen LogP contribution in [0.25, 0.3) is 0 Å². The predicted octanol–water partition coefficient (Wildman–Crippen LogP) is 3.57. The second-order valence-corrected chi connectivity index (χ2v) is 11.4. The molecule has 25 heavy (non-hydrogen) atoms. The lowest BCUT2D eigenvalue weighted by atomic mass is 9.77. The van der Waals surface area contributed by atoms with Crippen LogP contribution in [-0.2, 0) is 19.7 Å². The molecule has 2 saturated heterocycles. The molecular weight excluding hydrogens is 330 g/mol. The molecule has 3 rings (SSSR count). The highest BCUT2D eigenvalue weighted by molar-refractivity contribution is 8.01. The lowest BCUT2D eigenvalue weighted by Crippen LogP contribution is -2.45. The number of rotatable bonds is 2. The molecule has 2 unspecified atom stereocenters. The molecule has 2 heterocycles. The van der Waals surface area contributed by atoms with Gasteiger partial charge in [0.25, 0.3) is 0 Å². The van der Waals surface area contributed by atoms with Gasteiger partial charge in [-0.05, 0) is 63.5 Å². The molecule has 0 spiro atoms. The monoisotopic (exact) mass is 361 g/mol. The van der Waals surface area contributed by atoms with Gasteiger partial charge in [-0.1, -0.05) is 45.0 Å². The Hall–Kier alpha value is -1.29. The highest BCUT2D eigenvalue weighted by Crippen LogP contribution is 2.36. The quantitative estimate of drug-likeness (QED) is 0.755. The van der Waals surface area contributed by atoms with Gasteiger partial charge in [0.15, 0.2) is 0 Å². The van der Waals surface area contributed by atoms with Crippen LogP contribution < -0.4 is 0 Å². The minimum Gasteiger partial charge on any atom is -0.342 e. The highest BCUT2D eigenvalue weighted by atomic mass is 32.2. The molecule has 0 aliphatic carbocycles. The van der Waals surface area contributed by atoms with E-state index in [1.807, 2.05) is 4.90 Å². The van der Waals surface area contributed by atoms with E-state index in [2.05, 4.69) is 50.9 Å². The third kappa shape index (κ3) is 3.79. The summed E-state index contributed by atoms with van der Waals surface area (Å²) in [5.41, 5.74) is 2.98. The van der Waals surface area contributed by atoms with Gasteiger partial charge >= 0.3 is 0 Å². The van der Waals surface area contributed by atoms with E-state index in [1.165, 1.54) is 11.1 Å². The number of benzene rings is 1. The van der Waals surface area contributed by atoms with Crippen LogP contribution in [0.15, 0.2) is 24.3 Å². The Balaban J connectivity index is 1.70. The van der Waals surface area contributed by atoms with Crippen molar-refractivity contribution in [2.75, 3.05) is 18.8 Å². The molecule has 1 aromatic rings. The Kier molecular flexibility index (Phi) is 5.02. The number of hydrogen-bond acceptors (Lipinski definition) is 2. The van der Waals surface area contributed by atoms with Gasteiger partial charge in [-0.15, -0.1) is 0 Å². The average Bonchev–Trinajstić information content (AvgIpc) is 2.93. The van der Waals surface area contributed by atoms with Crippen LogP contribution in [0.2, 0.25) is 0 Å². The van der Waals surface area contributed by atoms with Crippen LogP contribution in [0.5, 0.6) is 0 Å². The van der Waals surface area contributed by atoms with Gasteiger partial charge in [0.1, 0.15) is 5.25 Å². The summed E-state index contributed by atoms with van der Waals surface area (Å²) in [5, 5.41) is -0.342. The van der Waals surface area contributed by atoms with Crippen LogP contribution in [0.3, 0.4) is 0 Å². The first-order chi connectivity index (χ1) is 11.7. The van der Waals surface area contributed by atoms with Gasteiger partial charge in [-0.3, -0.25) is 9.00 Å². The van der Waals surface area contributed by atoms with E-state index >= 15 is 0 Å². The zero-order chi connectivity index (χ0) is 18.2. The largest absolute Gasteiger partial charge is 0.342 e. The smallest absolute Gasteiger partial charge is 0.237 e. The predicted molar refractivity (Wildman–Crippen MR) is 107 cm³/mol. The number of amides is 1. The molecule has 3 nitrogen and oxygen atoms in total. The zero-order valence-corrected chi connectivity index (χ0v) is 16.6. The summed E-state index contributed by atoms with van der Waals surface area (Å²) in [4.78, 5) is 14.7. The maximum atomic E-state index is 12.8. The third-order valence-electron chi connectivity index (χ3n) is 5.77. The summed E-state index contributed by atoms with van der Waals surface area (Å²) in [6.45, 7) is 8.32.